The number of nitrogen functional groups attached to an aromatic ring is 1. The highest BCUT2D eigenvalue weighted by Gasteiger charge is 2.18. The van der Waals surface area contributed by atoms with Crippen LogP contribution in [0, 0.1) is 0 Å². The summed E-state index contributed by atoms with van der Waals surface area (Å²) in [5, 5.41) is 9.71. The molecule has 2 nitrogen and oxygen atoms in total. The molecule has 0 radical (unpaired) electrons. The number of hydrogen-bond acceptors (Lipinski definition) is 2. The second kappa shape index (κ2) is 3.07. The molecule has 0 heterocycles. The first-order valence-electron chi connectivity index (χ1n) is 3.69. The normalized spacial score (nSPS) is 11.7. The first-order chi connectivity index (χ1) is 5.41. The number of rotatable bonds is 1. The van der Waals surface area contributed by atoms with Crippen LogP contribution < -0.4 is 5.73 Å². The third kappa shape index (κ3) is 1.99. The minimum Gasteiger partial charge on any atom is -0.399 e. The molecule has 66 valence electrons. The molecule has 1 aromatic rings. The summed E-state index contributed by atoms with van der Waals surface area (Å²) in [7, 11) is 0. The van der Waals surface area contributed by atoms with Crippen molar-refractivity contribution < 1.29 is 5.11 Å². The van der Waals surface area contributed by atoms with E-state index < -0.39 is 5.60 Å². The molecule has 0 aliphatic carbocycles. The van der Waals surface area contributed by atoms with Crippen LogP contribution in [0.25, 0.3) is 0 Å². The largest absolute Gasteiger partial charge is 0.399 e. The molecular formula is C9H12BrNO. The summed E-state index contributed by atoms with van der Waals surface area (Å²) in [4.78, 5) is 0. The van der Waals surface area contributed by atoms with Crippen molar-refractivity contribution in [3.05, 3.63) is 28.2 Å². The van der Waals surface area contributed by atoms with Crippen LogP contribution in [0.15, 0.2) is 22.7 Å². The van der Waals surface area contributed by atoms with Gasteiger partial charge in [-0.1, -0.05) is 15.9 Å². The predicted octanol–water partition coefficient (Wildman–Crippen LogP) is 2.26. The van der Waals surface area contributed by atoms with Gasteiger partial charge < -0.3 is 10.8 Å². The zero-order valence-electron chi connectivity index (χ0n) is 7.13. The molecule has 1 rings (SSSR count). The van der Waals surface area contributed by atoms with E-state index in [-0.39, 0.29) is 0 Å². The summed E-state index contributed by atoms with van der Waals surface area (Å²) < 4.78 is 0.879. The third-order valence-corrected chi connectivity index (χ3v) is 2.34. The van der Waals surface area contributed by atoms with E-state index in [4.69, 9.17) is 5.73 Å². The van der Waals surface area contributed by atoms with Gasteiger partial charge in [0.15, 0.2) is 0 Å². The Bertz CT molecular complexity index is 291. The van der Waals surface area contributed by atoms with Gasteiger partial charge in [0, 0.05) is 10.2 Å². The molecule has 3 heteroatoms. The van der Waals surface area contributed by atoms with E-state index in [1.54, 1.807) is 26.0 Å². The predicted molar refractivity (Wildman–Crippen MR) is 53.8 cm³/mol. The zero-order chi connectivity index (χ0) is 9.35. The summed E-state index contributed by atoms with van der Waals surface area (Å²) in [6, 6.07) is 5.39. The molecule has 0 aliphatic heterocycles. The lowest BCUT2D eigenvalue weighted by atomic mass is 9.98. The van der Waals surface area contributed by atoms with Gasteiger partial charge in [0.1, 0.15) is 0 Å². The molecule has 1 aromatic carbocycles. The molecule has 0 fully saturated rings. The number of anilines is 1. The molecule has 0 saturated carbocycles. The Balaban J connectivity index is 3.23. The van der Waals surface area contributed by atoms with E-state index in [2.05, 4.69) is 15.9 Å². The van der Waals surface area contributed by atoms with E-state index in [0.29, 0.717) is 5.69 Å². The van der Waals surface area contributed by atoms with Crippen molar-refractivity contribution in [1.29, 1.82) is 0 Å². The SMILES string of the molecule is CC(C)(O)c1cc(N)ccc1Br. The molecule has 0 unspecified atom stereocenters. The van der Waals surface area contributed by atoms with Crippen molar-refractivity contribution in [2.45, 2.75) is 19.4 Å². The Morgan fingerprint density at radius 3 is 2.42 bits per heavy atom. The van der Waals surface area contributed by atoms with E-state index >= 15 is 0 Å². The Labute approximate surface area is 80.5 Å². The average molecular weight is 230 g/mol. The highest BCUT2D eigenvalue weighted by molar-refractivity contribution is 9.10. The van der Waals surface area contributed by atoms with E-state index in [1.807, 2.05) is 6.07 Å². The highest BCUT2D eigenvalue weighted by atomic mass is 79.9. The Morgan fingerprint density at radius 1 is 1.42 bits per heavy atom. The van der Waals surface area contributed by atoms with Crippen molar-refractivity contribution >= 4 is 21.6 Å². The van der Waals surface area contributed by atoms with Gasteiger partial charge in [-0.2, -0.15) is 0 Å². The first-order valence-corrected chi connectivity index (χ1v) is 4.48. The number of benzene rings is 1. The second-order valence-electron chi connectivity index (χ2n) is 3.30. The maximum atomic E-state index is 9.71. The number of nitrogens with two attached hydrogens (primary N) is 1. The van der Waals surface area contributed by atoms with E-state index in [1.165, 1.54) is 0 Å². The number of aliphatic hydroxyl groups is 1. The molecule has 0 spiro atoms. The van der Waals surface area contributed by atoms with Gasteiger partial charge in [-0.15, -0.1) is 0 Å². The molecule has 0 amide bonds. The third-order valence-electron chi connectivity index (χ3n) is 1.65. The maximum Gasteiger partial charge on any atom is 0.0852 e. The Hall–Kier alpha value is -0.540. The van der Waals surface area contributed by atoms with Crippen molar-refractivity contribution in [3.63, 3.8) is 0 Å². The van der Waals surface area contributed by atoms with Gasteiger partial charge in [0.25, 0.3) is 0 Å². The Kier molecular flexibility index (Phi) is 2.44. The van der Waals surface area contributed by atoms with Crippen molar-refractivity contribution in [2.24, 2.45) is 0 Å². The molecular weight excluding hydrogens is 218 g/mol. The summed E-state index contributed by atoms with van der Waals surface area (Å²) in [5.74, 6) is 0. The number of hydrogen-bond donors (Lipinski definition) is 2. The lowest BCUT2D eigenvalue weighted by molar-refractivity contribution is 0.0779. The summed E-state index contributed by atoms with van der Waals surface area (Å²) in [5.41, 5.74) is 6.21. The standard InChI is InChI=1S/C9H12BrNO/c1-9(2,12)7-5-6(11)3-4-8(7)10/h3-5,12H,11H2,1-2H3. The molecule has 0 atom stereocenters. The molecule has 0 saturated heterocycles. The molecule has 3 N–H and O–H groups in total. The van der Waals surface area contributed by atoms with Crippen LogP contribution in [-0.4, -0.2) is 5.11 Å². The fourth-order valence-corrected chi connectivity index (χ4v) is 1.74. The van der Waals surface area contributed by atoms with Gasteiger partial charge in [-0.05, 0) is 37.6 Å². The van der Waals surface area contributed by atoms with Crippen LogP contribution in [0.2, 0.25) is 0 Å². The van der Waals surface area contributed by atoms with Crippen LogP contribution in [0.4, 0.5) is 5.69 Å². The van der Waals surface area contributed by atoms with Gasteiger partial charge in [-0.3, -0.25) is 0 Å². The summed E-state index contributed by atoms with van der Waals surface area (Å²) in [6.45, 7) is 3.46. The van der Waals surface area contributed by atoms with E-state index in [0.717, 1.165) is 10.0 Å². The van der Waals surface area contributed by atoms with Gasteiger partial charge in [0.2, 0.25) is 0 Å². The van der Waals surface area contributed by atoms with Gasteiger partial charge in [0.05, 0.1) is 5.60 Å². The quantitative estimate of drug-likeness (QED) is 0.727. The summed E-state index contributed by atoms with van der Waals surface area (Å²) >= 11 is 3.35. The smallest absolute Gasteiger partial charge is 0.0852 e. The highest BCUT2D eigenvalue weighted by Crippen LogP contribution is 2.29. The monoisotopic (exact) mass is 229 g/mol. The number of halogens is 1. The minimum absolute atomic E-state index is 0.662. The van der Waals surface area contributed by atoms with Crippen LogP contribution >= 0.6 is 15.9 Å². The van der Waals surface area contributed by atoms with Crippen molar-refractivity contribution in [3.8, 4) is 0 Å². The summed E-state index contributed by atoms with van der Waals surface area (Å²) in [6.07, 6.45) is 0. The van der Waals surface area contributed by atoms with E-state index in [9.17, 15) is 5.11 Å². The van der Waals surface area contributed by atoms with Crippen molar-refractivity contribution in [2.75, 3.05) is 5.73 Å². The lowest BCUT2D eigenvalue weighted by Gasteiger charge is -2.19. The Morgan fingerprint density at radius 2 is 2.00 bits per heavy atom. The van der Waals surface area contributed by atoms with Crippen LogP contribution in [0.3, 0.4) is 0 Å². The van der Waals surface area contributed by atoms with Crippen LogP contribution in [-0.2, 0) is 5.60 Å². The molecule has 0 aliphatic rings. The maximum absolute atomic E-state index is 9.71. The van der Waals surface area contributed by atoms with Gasteiger partial charge in [-0.25, -0.2) is 0 Å². The molecule has 12 heavy (non-hydrogen) atoms. The van der Waals surface area contributed by atoms with Crippen molar-refractivity contribution in [1.82, 2.24) is 0 Å². The second-order valence-corrected chi connectivity index (χ2v) is 4.15. The average Bonchev–Trinajstić information content (AvgIpc) is 1.92. The zero-order valence-corrected chi connectivity index (χ0v) is 8.72. The minimum atomic E-state index is -0.853. The van der Waals surface area contributed by atoms with Crippen LogP contribution in [0.1, 0.15) is 19.4 Å². The van der Waals surface area contributed by atoms with Crippen LogP contribution in [0.5, 0.6) is 0 Å². The van der Waals surface area contributed by atoms with Gasteiger partial charge >= 0.3 is 0 Å². The fraction of sp³-hybridized carbons (Fsp3) is 0.333. The molecule has 0 aromatic heterocycles. The fourth-order valence-electron chi connectivity index (χ4n) is 1.01. The topological polar surface area (TPSA) is 46.2 Å². The molecule has 0 bridgehead atoms. The first kappa shape index (κ1) is 9.55. The lowest BCUT2D eigenvalue weighted by Crippen LogP contribution is -2.16.